The molecule has 0 atom stereocenters. The number of hydrogen-bond acceptors (Lipinski definition) is 8. The maximum Gasteiger partial charge on any atom is 0.394 e. The highest BCUT2D eigenvalue weighted by Gasteiger charge is 2.00. The highest BCUT2D eigenvalue weighted by molar-refractivity contribution is 7.79. The van der Waals surface area contributed by atoms with Crippen LogP contribution in [-0.2, 0) is 10.4 Å². The number of likely N-dealkylation sites (N-methyl/N-ethyl adjacent to an activating group) is 2. The molecule has 6 N–H and O–H groups in total. The smallest absolute Gasteiger partial charge is 0.368 e. The molecule has 0 rings (SSSR count). The van der Waals surface area contributed by atoms with E-state index in [9.17, 15) is 0 Å². The van der Waals surface area contributed by atoms with Crippen molar-refractivity contribution in [2.24, 2.45) is 0 Å². The van der Waals surface area contributed by atoms with Gasteiger partial charge < -0.3 is 30.2 Å². The summed E-state index contributed by atoms with van der Waals surface area (Å²) >= 11 is 0. The fourth-order valence-corrected chi connectivity index (χ4v) is 1.30. The average Bonchev–Trinajstić information content (AvgIpc) is 2.42. The van der Waals surface area contributed by atoms with E-state index in [1.54, 1.807) is 12.2 Å². The molecule has 0 aliphatic carbocycles. The maximum absolute atomic E-state index is 8.74. The highest BCUT2D eigenvalue weighted by atomic mass is 32.3. The molecule has 0 bridgehead atoms. The maximum atomic E-state index is 8.74. The Morgan fingerprint density at radius 1 is 0.840 bits per heavy atom. The molecule has 0 amide bonds. The van der Waals surface area contributed by atoms with Crippen molar-refractivity contribution in [1.82, 2.24) is 9.80 Å². The number of aliphatic hydroxyl groups excluding tert-OH is 2. The molecule has 0 aromatic heterocycles. The topological polar surface area (TPSA) is 162 Å². The number of nitrogens with zero attached hydrogens (tertiary/aromatic N) is 2. The fourth-order valence-electron chi connectivity index (χ4n) is 1.30. The molecule has 0 saturated carbocycles. The van der Waals surface area contributed by atoms with E-state index in [4.69, 9.17) is 37.9 Å². The second-order valence-electron chi connectivity index (χ2n) is 5.09. The highest BCUT2D eigenvalue weighted by Crippen LogP contribution is 1.90. The summed E-state index contributed by atoms with van der Waals surface area (Å²) in [6.07, 6.45) is 1.97. The molecule has 0 spiro atoms. The monoisotopic (exact) mass is 388 g/mol. The Hall–Kier alpha value is -0.890. The van der Waals surface area contributed by atoms with Crippen LogP contribution in [-0.4, -0.2) is 101 Å². The Kier molecular flexibility index (Phi) is 20.7. The van der Waals surface area contributed by atoms with E-state index in [2.05, 4.69) is 13.2 Å². The Morgan fingerprint density at radius 3 is 1.24 bits per heavy atom. The quantitative estimate of drug-likeness (QED) is 0.155. The Morgan fingerprint density at radius 2 is 1.08 bits per heavy atom. The molecule has 25 heavy (non-hydrogen) atoms. The minimum absolute atomic E-state index is 0.393. The van der Waals surface area contributed by atoms with Crippen molar-refractivity contribution in [2.75, 3.05) is 40.3 Å². The summed E-state index contributed by atoms with van der Waals surface area (Å²) in [5.41, 5.74) is 0. The lowest BCUT2D eigenvalue weighted by Crippen LogP contribution is -2.23. The molecule has 152 valence electrons. The van der Waals surface area contributed by atoms with E-state index >= 15 is 0 Å². The van der Waals surface area contributed by atoms with Gasteiger partial charge in [0.15, 0.2) is 12.6 Å². The molecule has 0 aliphatic rings. The van der Waals surface area contributed by atoms with Gasteiger partial charge in [-0.1, -0.05) is 12.2 Å². The third kappa shape index (κ3) is 45.1. The Balaban J connectivity index is -0.000000308. The molecular weight excluding hydrogens is 356 g/mol. The zero-order chi connectivity index (χ0) is 20.5. The minimum atomic E-state index is -4.67. The van der Waals surface area contributed by atoms with Crippen molar-refractivity contribution in [2.45, 2.75) is 25.4 Å². The molecule has 0 heterocycles. The van der Waals surface area contributed by atoms with E-state index in [0.29, 0.717) is 25.9 Å². The lowest BCUT2D eigenvalue weighted by Gasteiger charge is -2.13. The molecule has 11 heteroatoms. The van der Waals surface area contributed by atoms with Gasteiger partial charge in [0.25, 0.3) is 0 Å². The standard InChI is InChI=1S/2C7H15NO2.H2O4S/c2*1-3-5-8(2)6-4-7(9)10;1-5(2,3)4/h2*3,7,9-10H,1,4-6H2,2H3;(H2,1,2,3,4). The first kappa shape index (κ1) is 28.9. The average molecular weight is 388 g/mol. The van der Waals surface area contributed by atoms with Crippen molar-refractivity contribution in [3.63, 3.8) is 0 Å². The number of aliphatic hydroxyl groups is 4. The van der Waals surface area contributed by atoms with Crippen molar-refractivity contribution in [3.8, 4) is 0 Å². The van der Waals surface area contributed by atoms with Gasteiger partial charge in [-0.15, -0.1) is 13.2 Å². The SMILES string of the molecule is C=CCN(C)CCC(O)O.C=CCN(C)CCC(O)O.O=S(=O)(O)O. The van der Waals surface area contributed by atoms with Crippen LogP contribution in [0, 0.1) is 0 Å². The predicted molar refractivity (Wildman–Crippen MR) is 95.3 cm³/mol. The van der Waals surface area contributed by atoms with Crippen molar-refractivity contribution in [1.29, 1.82) is 0 Å². The number of hydrogen-bond donors (Lipinski definition) is 6. The van der Waals surface area contributed by atoms with Crippen LogP contribution in [0.1, 0.15) is 12.8 Å². The summed E-state index contributed by atoms with van der Waals surface area (Å²) in [5, 5.41) is 33.9. The third-order valence-corrected chi connectivity index (χ3v) is 2.42. The fraction of sp³-hybridized carbons (Fsp3) is 0.714. The van der Waals surface area contributed by atoms with E-state index in [0.717, 1.165) is 13.1 Å². The van der Waals surface area contributed by atoms with Crippen LogP contribution in [0.4, 0.5) is 0 Å². The second kappa shape index (κ2) is 17.9. The lowest BCUT2D eigenvalue weighted by atomic mass is 10.4. The van der Waals surface area contributed by atoms with Gasteiger partial charge >= 0.3 is 10.4 Å². The summed E-state index contributed by atoms with van der Waals surface area (Å²) in [7, 11) is -0.853. The zero-order valence-corrected chi connectivity index (χ0v) is 15.6. The normalized spacial score (nSPS) is 11.0. The van der Waals surface area contributed by atoms with Gasteiger partial charge in [0.05, 0.1) is 0 Å². The summed E-state index contributed by atoms with van der Waals surface area (Å²) in [5.74, 6) is 0. The first-order valence-electron chi connectivity index (χ1n) is 7.34. The molecule has 10 nitrogen and oxygen atoms in total. The van der Waals surface area contributed by atoms with Crippen LogP contribution in [0.5, 0.6) is 0 Å². The molecule has 0 aromatic carbocycles. The molecule has 0 fully saturated rings. The Labute approximate surface area is 149 Å². The molecule has 0 saturated heterocycles. The van der Waals surface area contributed by atoms with Gasteiger partial charge in [-0.3, -0.25) is 9.11 Å². The van der Waals surface area contributed by atoms with Crippen LogP contribution < -0.4 is 0 Å². The van der Waals surface area contributed by atoms with Crippen LogP contribution in [0.15, 0.2) is 25.3 Å². The summed E-state index contributed by atoms with van der Waals surface area (Å²) < 4.78 is 31.6. The first-order valence-corrected chi connectivity index (χ1v) is 8.74. The molecular formula is C14H32N2O8S. The van der Waals surface area contributed by atoms with Gasteiger partial charge in [0.1, 0.15) is 0 Å². The third-order valence-electron chi connectivity index (χ3n) is 2.42. The van der Waals surface area contributed by atoms with Gasteiger partial charge in [-0.05, 0) is 14.1 Å². The van der Waals surface area contributed by atoms with Crippen LogP contribution >= 0.6 is 0 Å². The Bertz CT molecular complexity index is 383. The van der Waals surface area contributed by atoms with Crippen molar-refractivity contribution in [3.05, 3.63) is 25.3 Å². The summed E-state index contributed by atoms with van der Waals surface area (Å²) in [4.78, 5) is 3.93. The molecule has 0 unspecified atom stereocenters. The van der Waals surface area contributed by atoms with E-state index in [1.807, 2.05) is 23.9 Å². The van der Waals surface area contributed by atoms with Crippen LogP contribution in [0.25, 0.3) is 0 Å². The van der Waals surface area contributed by atoms with Gasteiger partial charge in [0.2, 0.25) is 0 Å². The molecule has 0 aromatic rings. The second-order valence-corrected chi connectivity index (χ2v) is 5.98. The van der Waals surface area contributed by atoms with Crippen molar-refractivity contribution >= 4 is 10.4 Å². The van der Waals surface area contributed by atoms with E-state index in [-0.39, 0.29) is 0 Å². The van der Waals surface area contributed by atoms with Crippen LogP contribution in [0.3, 0.4) is 0 Å². The molecule has 0 radical (unpaired) electrons. The van der Waals surface area contributed by atoms with Gasteiger partial charge in [-0.2, -0.15) is 8.42 Å². The number of rotatable bonds is 10. The zero-order valence-electron chi connectivity index (χ0n) is 14.8. The van der Waals surface area contributed by atoms with Gasteiger partial charge in [0, 0.05) is 39.0 Å². The summed E-state index contributed by atoms with van der Waals surface area (Å²) in [6.45, 7) is 10.1. The lowest BCUT2D eigenvalue weighted by molar-refractivity contribution is -0.0495. The largest absolute Gasteiger partial charge is 0.394 e. The first-order chi connectivity index (χ1) is 11.3. The minimum Gasteiger partial charge on any atom is -0.368 e. The molecule has 0 aliphatic heterocycles. The summed E-state index contributed by atoms with van der Waals surface area (Å²) in [6, 6.07) is 0. The van der Waals surface area contributed by atoms with E-state index in [1.165, 1.54) is 0 Å². The van der Waals surface area contributed by atoms with E-state index < -0.39 is 23.0 Å². The van der Waals surface area contributed by atoms with Crippen LogP contribution in [0.2, 0.25) is 0 Å². The van der Waals surface area contributed by atoms with Crippen molar-refractivity contribution < 1.29 is 37.9 Å². The van der Waals surface area contributed by atoms with Gasteiger partial charge in [-0.25, -0.2) is 0 Å². The predicted octanol–water partition coefficient (Wildman–Crippen LogP) is -1.04.